The molecule has 4 aromatic rings. The summed E-state index contributed by atoms with van der Waals surface area (Å²) in [5, 5.41) is 3.89. The first-order valence-electron chi connectivity index (χ1n) is 9.70. The lowest BCUT2D eigenvalue weighted by atomic mass is 10.1. The van der Waals surface area contributed by atoms with Crippen molar-refractivity contribution in [1.82, 2.24) is 10.3 Å². The molecule has 0 fully saturated rings. The molecule has 1 heterocycles. The highest BCUT2D eigenvalue weighted by molar-refractivity contribution is 5.94. The minimum absolute atomic E-state index is 0.133. The normalized spacial score (nSPS) is 10.7. The van der Waals surface area contributed by atoms with E-state index in [1.165, 1.54) is 5.56 Å². The molecule has 144 valence electrons. The third-order valence-electron chi connectivity index (χ3n) is 4.80. The topological polar surface area (TPSA) is 51.2 Å². The summed E-state index contributed by atoms with van der Waals surface area (Å²) in [5.74, 6) is 1.20. The van der Waals surface area contributed by atoms with Crippen molar-refractivity contribution in [3.05, 3.63) is 102 Å². The van der Waals surface area contributed by atoms with Gasteiger partial charge in [0, 0.05) is 23.7 Å². The lowest BCUT2D eigenvalue weighted by molar-refractivity contribution is 0.0950. The molecule has 0 aliphatic carbocycles. The summed E-state index contributed by atoms with van der Waals surface area (Å²) in [5.41, 5.74) is 3.76. The van der Waals surface area contributed by atoms with Crippen molar-refractivity contribution in [2.24, 2.45) is 0 Å². The number of fused-ring (bicyclic) bond motifs is 1. The fourth-order valence-electron chi connectivity index (χ4n) is 3.18. The zero-order valence-corrected chi connectivity index (χ0v) is 16.3. The largest absolute Gasteiger partial charge is 0.457 e. The Balaban J connectivity index is 1.52. The van der Waals surface area contributed by atoms with Crippen LogP contribution in [0, 0.1) is 0 Å². The van der Waals surface area contributed by atoms with Crippen LogP contribution in [0.5, 0.6) is 11.5 Å². The number of aryl methyl sites for hydroxylation is 1. The highest BCUT2D eigenvalue weighted by atomic mass is 16.5. The monoisotopic (exact) mass is 382 g/mol. The summed E-state index contributed by atoms with van der Waals surface area (Å²) in [6, 6.07) is 25.1. The van der Waals surface area contributed by atoms with Crippen molar-refractivity contribution in [3.8, 4) is 11.5 Å². The molecule has 0 radical (unpaired) electrons. The third kappa shape index (κ3) is 4.43. The van der Waals surface area contributed by atoms with Gasteiger partial charge in [0.2, 0.25) is 0 Å². The van der Waals surface area contributed by atoms with Crippen LogP contribution < -0.4 is 10.1 Å². The zero-order valence-electron chi connectivity index (χ0n) is 16.3. The first-order chi connectivity index (χ1) is 14.2. The average Bonchev–Trinajstić information content (AvgIpc) is 2.78. The minimum atomic E-state index is -0.133. The Morgan fingerprint density at radius 2 is 1.79 bits per heavy atom. The van der Waals surface area contributed by atoms with Crippen LogP contribution in [0.15, 0.2) is 85.1 Å². The maximum atomic E-state index is 12.5. The number of nitrogens with zero attached hydrogens (tertiary/aromatic N) is 1. The Bertz CT molecular complexity index is 1140. The van der Waals surface area contributed by atoms with Gasteiger partial charge in [0.15, 0.2) is 0 Å². The zero-order chi connectivity index (χ0) is 20.1. The van der Waals surface area contributed by atoms with E-state index in [1.54, 1.807) is 18.3 Å². The fourth-order valence-corrected chi connectivity index (χ4v) is 3.18. The predicted octanol–water partition coefficient (Wildman–Crippen LogP) is 5.52. The number of aromatic nitrogens is 1. The lowest BCUT2D eigenvalue weighted by Crippen LogP contribution is -2.22. The number of hydrogen-bond donors (Lipinski definition) is 1. The van der Waals surface area contributed by atoms with E-state index < -0.39 is 0 Å². The Labute approximate surface area is 170 Å². The quantitative estimate of drug-likeness (QED) is 0.478. The molecule has 4 heteroatoms. The molecule has 0 bridgehead atoms. The van der Waals surface area contributed by atoms with Gasteiger partial charge in [-0.2, -0.15) is 0 Å². The fraction of sp³-hybridized carbons (Fsp3) is 0.120. The Kier molecular flexibility index (Phi) is 5.52. The van der Waals surface area contributed by atoms with E-state index in [4.69, 9.17) is 4.74 Å². The van der Waals surface area contributed by atoms with Gasteiger partial charge >= 0.3 is 0 Å². The van der Waals surface area contributed by atoms with Gasteiger partial charge in [0.1, 0.15) is 11.5 Å². The summed E-state index contributed by atoms with van der Waals surface area (Å²) in [4.78, 5) is 17.0. The maximum absolute atomic E-state index is 12.5. The highest BCUT2D eigenvalue weighted by Gasteiger charge is 2.09. The van der Waals surface area contributed by atoms with E-state index in [1.807, 2.05) is 54.6 Å². The average molecular weight is 382 g/mol. The Morgan fingerprint density at radius 3 is 2.62 bits per heavy atom. The second-order valence-electron chi connectivity index (χ2n) is 6.81. The molecule has 29 heavy (non-hydrogen) atoms. The molecule has 0 spiro atoms. The minimum Gasteiger partial charge on any atom is -0.457 e. The van der Waals surface area contributed by atoms with Gasteiger partial charge in [0.05, 0.1) is 5.52 Å². The summed E-state index contributed by atoms with van der Waals surface area (Å²) in [6.45, 7) is 2.61. The summed E-state index contributed by atoms with van der Waals surface area (Å²) in [6.07, 6.45) is 2.70. The van der Waals surface area contributed by atoms with E-state index in [0.29, 0.717) is 17.9 Å². The molecular weight excluding hydrogens is 360 g/mol. The van der Waals surface area contributed by atoms with Gasteiger partial charge < -0.3 is 10.1 Å². The van der Waals surface area contributed by atoms with E-state index in [2.05, 4.69) is 29.4 Å². The molecule has 4 nitrogen and oxygen atoms in total. The van der Waals surface area contributed by atoms with Gasteiger partial charge in [0.25, 0.3) is 5.91 Å². The van der Waals surface area contributed by atoms with E-state index in [9.17, 15) is 4.79 Å². The van der Waals surface area contributed by atoms with Crippen LogP contribution in [-0.4, -0.2) is 10.9 Å². The van der Waals surface area contributed by atoms with Crippen LogP contribution in [-0.2, 0) is 13.0 Å². The maximum Gasteiger partial charge on any atom is 0.251 e. The molecule has 0 saturated heterocycles. The second kappa shape index (κ2) is 8.57. The van der Waals surface area contributed by atoms with Crippen molar-refractivity contribution in [2.45, 2.75) is 19.9 Å². The summed E-state index contributed by atoms with van der Waals surface area (Å²) >= 11 is 0. The van der Waals surface area contributed by atoms with Crippen LogP contribution in [0.4, 0.5) is 0 Å². The molecule has 0 saturated carbocycles. The number of benzene rings is 3. The number of rotatable bonds is 6. The van der Waals surface area contributed by atoms with Crippen LogP contribution in [0.25, 0.3) is 10.9 Å². The van der Waals surface area contributed by atoms with E-state index in [0.717, 1.165) is 28.6 Å². The van der Waals surface area contributed by atoms with Crippen LogP contribution in [0.1, 0.15) is 28.4 Å². The molecule has 0 aliphatic rings. The molecule has 0 atom stereocenters. The third-order valence-corrected chi connectivity index (χ3v) is 4.80. The number of carbonyl (C=O) groups excluding carboxylic acids is 1. The number of hydrogen-bond acceptors (Lipinski definition) is 3. The molecule has 4 rings (SSSR count). The standard InChI is InChI=1S/C25H22N2O2/c1-2-18-11-12-22-23(15-18)26-14-13-24(22)29-21-10-6-9-20(16-21)25(28)27-17-19-7-4-3-5-8-19/h3-16H,2,17H2,1H3,(H,27,28). The predicted molar refractivity (Wildman–Crippen MR) is 115 cm³/mol. The summed E-state index contributed by atoms with van der Waals surface area (Å²) in [7, 11) is 0. The van der Waals surface area contributed by atoms with Crippen molar-refractivity contribution in [2.75, 3.05) is 0 Å². The number of amides is 1. The molecule has 1 amide bonds. The van der Waals surface area contributed by atoms with Crippen LogP contribution in [0.3, 0.4) is 0 Å². The van der Waals surface area contributed by atoms with Gasteiger partial charge in [-0.15, -0.1) is 0 Å². The molecule has 0 unspecified atom stereocenters. The summed E-state index contributed by atoms with van der Waals surface area (Å²) < 4.78 is 6.10. The SMILES string of the molecule is CCc1ccc2c(Oc3cccc(C(=O)NCc4ccccc4)c3)ccnc2c1. The smallest absolute Gasteiger partial charge is 0.251 e. The van der Waals surface area contributed by atoms with Crippen molar-refractivity contribution >= 4 is 16.8 Å². The van der Waals surface area contributed by atoms with E-state index >= 15 is 0 Å². The van der Waals surface area contributed by atoms with Crippen LogP contribution in [0.2, 0.25) is 0 Å². The van der Waals surface area contributed by atoms with Gasteiger partial charge in [-0.25, -0.2) is 0 Å². The first-order valence-corrected chi connectivity index (χ1v) is 9.70. The van der Waals surface area contributed by atoms with E-state index in [-0.39, 0.29) is 5.91 Å². The molecule has 1 N–H and O–H groups in total. The lowest BCUT2D eigenvalue weighted by Gasteiger charge is -2.11. The van der Waals surface area contributed by atoms with Crippen molar-refractivity contribution < 1.29 is 9.53 Å². The molecular formula is C25H22N2O2. The van der Waals surface area contributed by atoms with Gasteiger partial charge in [-0.1, -0.05) is 49.4 Å². The van der Waals surface area contributed by atoms with Crippen molar-refractivity contribution in [1.29, 1.82) is 0 Å². The number of pyridine rings is 1. The Morgan fingerprint density at radius 1 is 0.931 bits per heavy atom. The van der Waals surface area contributed by atoms with Crippen LogP contribution >= 0.6 is 0 Å². The number of ether oxygens (including phenoxy) is 1. The second-order valence-corrected chi connectivity index (χ2v) is 6.81. The molecule has 1 aromatic heterocycles. The van der Waals surface area contributed by atoms with Crippen molar-refractivity contribution in [3.63, 3.8) is 0 Å². The number of carbonyl (C=O) groups is 1. The molecule has 3 aromatic carbocycles. The molecule has 0 aliphatic heterocycles. The Hall–Kier alpha value is -3.66. The number of nitrogens with one attached hydrogen (secondary N) is 1. The van der Waals surface area contributed by atoms with Gasteiger partial charge in [-0.3, -0.25) is 9.78 Å². The van der Waals surface area contributed by atoms with Gasteiger partial charge in [-0.05, 0) is 53.9 Å². The first kappa shape index (κ1) is 18.7. The highest BCUT2D eigenvalue weighted by Crippen LogP contribution is 2.29.